The van der Waals surface area contributed by atoms with Gasteiger partial charge in [0.2, 0.25) is 0 Å². The Bertz CT molecular complexity index is 854. The molecule has 3 aromatic rings. The minimum absolute atomic E-state index is 0.418. The van der Waals surface area contributed by atoms with E-state index in [4.69, 9.17) is 18.8 Å². The first-order valence-electron chi connectivity index (χ1n) is 6.23. The van der Waals surface area contributed by atoms with Crippen LogP contribution in [0.2, 0.25) is 0 Å². The summed E-state index contributed by atoms with van der Waals surface area (Å²) in [6.07, 6.45) is 2.64. The molecular weight excluding hydrogens is 258 g/mol. The Labute approximate surface area is 114 Å². The zero-order chi connectivity index (χ0) is 13.9. The third-order valence-corrected chi connectivity index (χ3v) is 2.99. The molecule has 0 spiro atoms. The zero-order valence-electron chi connectivity index (χ0n) is 10.6. The highest BCUT2D eigenvalue weighted by Gasteiger charge is 2.12. The van der Waals surface area contributed by atoms with E-state index in [1.54, 1.807) is 24.5 Å². The van der Waals surface area contributed by atoms with Crippen molar-refractivity contribution >= 4 is 21.9 Å². The van der Waals surface area contributed by atoms with Gasteiger partial charge in [-0.25, -0.2) is 4.79 Å². The van der Waals surface area contributed by atoms with Crippen LogP contribution in [-0.4, -0.2) is 6.61 Å². The Hall–Kier alpha value is -2.74. The molecule has 0 aliphatic rings. The Balaban J connectivity index is 2.11. The summed E-state index contributed by atoms with van der Waals surface area (Å²) in [5.74, 6) is 0.618. The van der Waals surface area contributed by atoms with Crippen molar-refractivity contribution in [2.24, 2.45) is 0 Å². The maximum absolute atomic E-state index is 11.3. The predicted molar refractivity (Wildman–Crippen MR) is 72.6 cm³/mol. The standard InChI is InChI=1S/C15H11NO4/c16-6-1-2-7-19-15-10-3-4-14(17)20-13(10)9-12-11(15)5-8-18-12/h3-5,8-9H,1-2,7H2. The fraction of sp³-hybridized carbons (Fsp3) is 0.200. The fourth-order valence-corrected chi connectivity index (χ4v) is 2.09. The van der Waals surface area contributed by atoms with Crippen molar-refractivity contribution in [2.45, 2.75) is 12.8 Å². The highest BCUT2D eigenvalue weighted by Crippen LogP contribution is 2.35. The number of nitrogens with zero attached hydrogens (tertiary/aromatic N) is 1. The Kier molecular flexibility index (Phi) is 3.13. The van der Waals surface area contributed by atoms with Crippen molar-refractivity contribution in [3.05, 3.63) is 40.9 Å². The molecule has 2 heterocycles. The first kappa shape index (κ1) is 12.3. The van der Waals surface area contributed by atoms with E-state index >= 15 is 0 Å². The molecule has 0 aliphatic carbocycles. The molecule has 2 aromatic heterocycles. The number of benzene rings is 1. The Morgan fingerprint density at radius 1 is 1.20 bits per heavy atom. The average molecular weight is 269 g/mol. The van der Waals surface area contributed by atoms with Gasteiger partial charge in [0.25, 0.3) is 0 Å². The van der Waals surface area contributed by atoms with Crippen LogP contribution in [0, 0.1) is 11.3 Å². The quantitative estimate of drug-likeness (QED) is 0.537. The van der Waals surface area contributed by atoms with Gasteiger partial charge in [0, 0.05) is 18.6 Å². The van der Waals surface area contributed by atoms with Gasteiger partial charge in [0.05, 0.1) is 29.7 Å². The summed E-state index contributed by atoms with van der Waals surface area (Å²) in [5, 5.41) is 10.1. The average Bonchev–Trinajstić information content (AvgIpc) is 2.90. The second-order valence-corrected chi connectivity index (χ2v) is 4.31. The lowest BCUT2D eigenvalue weighted by atomic mass is 10.1. The van der Waals surface area contributed by atoms with E-state index in [0.29, 0.717) is 36.4 Å². The summed E-state index contributed by atoms with van der Waals surface area (Å²) >= 11 is 0. The minimum Gasteiger partial charge on any atom is -0.492 e. The smallest absolute Gasteiger partial charge is 0.336 e. The summed E-state index contributed by atoms with van der Waals surface area (Å²) < 4.78 is 16.3. The molecule has 0 saturated heterocycles. The monoisotopic (exact) mass is 269 g/mol. The molecule has 0 unspecified atom stereocenters. The topological polar surface area (TPSA) is 76.4 Å². The molecule has 5 heteroatoms. The van der Waals surface area contributed by atoms with Crippen LogP contribution in [0.5, 0.6) is 5.75 Å². The van der Waals surface area contributed by atoms with Gasteiger partial charge in [-0.05, 0) is 18.6 Å². The zero-order valence-corrected chi connectivity index (χ0v) is 10.6. The van der Waals surface area contributed by atoms with Crippen LogP contribution >= 0.6 is 0 Å². The molecule has 5 nitrogen and oxygen atoms in total. The van der Waals surface area contributed by atoms with Crippen molar-refractivity contribution in [1.82, 2.24) is 0 Å². The van der Waals surface area contributed by atoms with Crippen molar-refractivity contribution < 1.29 is 13.6 Å². The Morgan fingerprint density at radius 3 is 2.90 bits per heavy atom. The maximum atomic E-state index is 11.3. The SMILES string of the molecule is N#CCCCOc1c2ccoc2cc2oc(=O)ccc12. The van der Waals surface area contributed by atoms with Crippen molar-refractivity contribution in [3.8, 4) is 11.8 Å². The fourth-order valence-electron chi connectivity index (χ4n) is 2.09. The first-order valence-corrected chi connectivity index (χ1v) is 6.23. The van der Waals surface area contributed by atoms with Crippen LogP contribution in [0.3, 0.4) is 0 Å². The third-order valence-electron chi connectivity index (χ3n) is 2.99. The largest absolute Gasteiger partial charge is 0.492 e. The van der Waals surface area contributed by atoms with Crippen LogP contribution in [0.1, 0.15) is 12.8 Å². The van der Waals surface area contributed by atoms with E-state index in [0.717, 1.165) is 10.8 Å². The molecule has 1 aromatic carbocycles. The van der Waals surface area contributed by atoms with Gasteiger partial charge in [0.1, 0.15) is 16.9 Å². The van der Waals surface area contributed by atoms with E-state index in [1.807, 2.05) is 0 Å². The summed E-state index contributed by atoms with van der Waals surface area (Å²) in [5.41, 5.74) is 0.608. The number of nitriles is 1. The molecule has 0 fully saturated rings. The Morgan fingerprint density at radius 2 is 2.05 bits per heavy atom. The summed E-state index contributed by atoms with van der Waals surface area (Å²) in [4.78, 5) is 11.3. The van der Waals surface area contributed by atoms with E-state index < -0.39 is 5.63 Å². The highest BCUT2D eigenvalue weighted by atomic mass is 16.5. The van der Waals surface area contributed by atoms with E-state index in [-0.39, 0.29) is 0 Å². The molecule has 20 heavy (non-hydrogen) atoms. The van der Waals surface area contributed by atoms with Crippen molar-refractivity contribution in [2.75, 3.05) is 6.61 Å². The number of unbranched alkanes of at least 4 members (excludes halogenated alkanes) is 1. The number of fused-ring (bicyclic) bond motifs is 2. The third kappa shape index (κ3) is 2.12. The van der Waals surface area contributed by atoms with Crippen LogP contribution in [-0.2, 0) is 0 Å². The summed E-state index contributed by atoms with van der Waals surface area (Å²) in [6, 6.07) is 8.58. The van der Waals surface area contributed by atoms with E-state index in [2.05, 4.69) is 6.07 Å². The maximum Gasteiger partial charge on any atom is 0.336 e. The number of ether oxygens (including phenoxy) is 1. The van der Waals surface area contributed by atoms with E-state index in [1.165, 1.54) is 6.07 Å². The second-order valence-electron chi connectivity index (χ2n) is 4.31. The molecule has 0 aliphatic heterocycles. The molecule has 0 bridgehead atoms. The molecule has 3 rings (SSSR count). The van der Waals surface area contributed by atoms with Crippen LogP contribution in [0.4, 0.5) is 0 Å². The normalized spacial score (nSPS) is 10.8. The van der Waals surface area contributed by atoms with E-state index in [9.17, 15) is 4.79 Å². The number of rotatable bonds is 4. The van der Waals surface area contributed by atoms with Gasteiger partial charge in [-0.1, -0.05) is 0 Å². The van der Waals surface area contributed by atoms with Gasteiger partial charge in [0.15, 0.2) is 0 Å². The van der Waals surface area contributed by atoms with Crippen molar-refractivity contribution in [3.63, 3.8) is 0 Å². The molecule has 0 N–H and O–H groups in total. The van der Waals surface area contributed by atoms with Gasteiger partial charge in [-0.3, -0.25) is 0 Å². The molecule has 0 atom stereocenters. The minimum atomic E-state index is -0.418. The van der Waals surface area contributed by atoms with Crippen molar-refractivity contribution in [1.29, 1.82) is 5.26 Å². The summed E-state index contributed by atoms with van der Waals surface area (Å²) in [7, 11) is 0. The van der Waals surface area contributed by atoms with Gasteiger partial charge < -0.3 is 13.6 Å². The van der Waals surface area contributed by atoms with Crippen LogP contribution in [0.15, 0.2) is 44.2 Å². The van der Waals surface area contributed by atoms with Gasteiger partial charge in [-0.2, -0.15) is 5.26 Å². The first-order chi connectivity index (χ1) is 9.79. The molecule has 0 amide bonds. The lowest BCUT2D eigenvalue weighted by Gasteiger charge is -2.09. The molecular formula is C15H11NO4. The molecule has 0 radical (unpaired) electrons. The van der Waals surface area contributed by atoms with Crippen LogP contribution in [0.25, 0.3) is 21.9 Å². The highest BCUT2D eigenvalue weighted by molar-refractivity contribution is 6.01. The summed E-state index contributed by atoms with van der Waals surface area (Å²) in [6.45, 7) is 0.423. The molecule has 100 valence electrons. The molecule has 0 saturated carbocycles. The second kappa shape index (κ2) is 5.10. The van der Waals surface area contributed by atoms with Gasteiger partial charge >= 0.3 is 5.63 Å². The van der Waals surface area contributed by atoms with Crippen LogP contribution < -0.4 is 10.4 Å². The lowest BCUT2D eigenvalue weighted by molar-refractivity contribution is 0.319. The number of hydrogen-bond donors (Lipinski definition) is 0. The number of furan rings is 1. The van der Waals surface area contributed by atoms with Gasteiger partial charge in [-0.15, -0.1) is 0 Å². The lowest BCUT2D eigenvalue weighted by Crippen LogP contribution is -2.00. The number of hydrogen-bond acceptors (Lipinski definition) is 5. The predicted octanol–water partition coefficient (Wildman–Crippen LogP) is 3.22.